The van der Waals surface area contributed by atoms with Crippen LogP contribution in [-0.2, 0) is 4.79 Å². The van der Waals surface area contributed by atoms with Crippen LogP contribution < -0.4 is 26.2 Å². The number of carbonyl (C=O) groups excluding carboxylic acids is 3. The van der Waals surface area contributed by atoms with Crippen LogP contribution in [0.1, 0.15) is 47.9 Å². The number of rotatable bonds is 7. The normalized spacial score (nSPS) is 10.2. The third kappa shape index (κ3) is 7.71. The maximum Gasteiger partial charge on any atom is 0.269 e. The van der Waals surface area contributed by atoms with Crippen LogP contribution in [0.3, 0.4) is 0 Å². The molecule has 0 heterocycles. The van der Waals surface area contributed by atoms with E-state index in [2.05, 4.69) is 21.5 Å². The maximum absolute atomic E-state index is 12.5. The van der Waals surface area contributed by atoms with Gasteiger partial charge in [-0.1, -0.05) is 32.9 Å². The molecule has 0 unspecified atom stereocenters. The van der Waals surface area contributed by atoms with Crippen molar-refractivity contribution in [3.05, 3.63) is 59.7 Å². The minimum atomic E-state index is -0.456. The van der Waals surface area contributed by atoms with E-state index in [-0.39, 0.29) is 11.0 Å². The lowest BCUT2D eigenvalue weighted by atomic mass is 10.2. The summed E-state index contributed by atoms with van der Waals surface area (Å²) in [6.45, 7) is 6.25. The van der Waals surface area contributed by atoms with Crippen molar-refractivity contribution in [1.82, 2.24) is 16.2 Å². The quantitative estimate of drug-likeness (QED) is 0.388. The van der Waals surface area contributed by atoms with Crippen molar-refractivity contribution in [2.24, 2.45) is 5.92 Å². The summed E-state index contributed by atoms with van der Waals surface area (Å²) in [5, 5.41) is 5.14. The van der Waals surface area contributed by atoms with Crippen molar-refractivity contribution in [3.63, 3.8) is 0 Å². The molecular formula is C22H26N4O4S. The van der Waals surface area contributed by atoms with Gasteiger partial charge < -0.3 is 10.1 Å². The van der Waals surface area contributed by atoms with Gasteiger partial charge in [0.1, 0.15) is 5.75 Å². The van der Waals surface area contributed by atoms with Gasteiger partial charge in [-0.15, -0.1) is 0 Å². The first-order valence-electron chi connectivity index (χ1n) is 9.83. The van der Waals surface area contributed by atoms with E-state index in [1.165, 1.54) is 0 Å². The average Bonchev–Trinajstić information content (AvgIpc) is 2.76. The van der Waals surface area contributed by atoms with Crippen molar-refractivity contribution in [3.8, 4) is 5.75 Å². The first-order chi connectivity index (χ1) is 14.8. The fraction of sp³-hybridized carbons (Fsp3) is 0.273. The number of ether oxygens (including phenoxy) is 1. The van der Waals surface area contributed by atoms with Gasteiger partial charge in [0.2, 0.25) is 5.91 Å². The van der Waals surface area contributed by atoms with E-state index in [4.69, 9.17) is 17.0 Å². The van der Waals surface area contributed by atoms with Crippen molar-refractivity contribution in [2.75, 3.05) is 11.9 Å². The maximum atomic E-state index is 12.5. The Morgan fingerprint density at radius 3 is 2.29 bits per heavy atom. The number of benzene rings is 2. The molecule has 2 aromatic carbocycles. The van der Waals surface area contributed by atoms with Gasteiger partial charge in [-0.25, -0.2) is 0 Å². The Bertz CT molecular complexity index is 945. The van der Waals surface area contributed by atoms with Crippen molar-refractivity contribution < 1.29 is 19.1 Å². The third-order valence-corrected chi connectivity index (χ3v) is 4.18. The summed E-state index contributed by atoms with van der Waals surface area (Å²) in [6.07, 6.45) is 0.365. The summed E-state index contributed by atoms with van der Waals surface area (Å²) in [5.41, 5.74) is 6.20. The smallest absolute Gasteiger partial charge is 0.269 e. The second kappa shape index (κ2) is 11.7. The fourth-order valence-electron chi connectivity index (χ4n) is 2.38. The highest BCUT2D eigenvalue weighted by Gasteiger charge is 2.14. The monoisotopic (exact) mass is 442 g/mol. The highest BCUT2D eigenvalue weighted by molar-refractivity contribution is 7.80. The lowest BCUT2D eigenvalue weighted by Gasteiger charge is -2.14. The standard InChI is InChI=1S/C22H26N4O4S/c1-4-19(27)23-16-11-9-15(10-12-16)20(28)25-26-22(31)24-21(29)17-7-5-6-8-18(17)30-13-14(2)3/h5-12,14H,4,13H2,1-3H3,(H,23,27)(H,25,28)(H2,24,26,29,31). The largest absolute Gasteiger partial charge is 0.492 e. The summed E-state index contributed by atoms with van der Waals surface area (Å²) in [7, 11) is 0. The summed E-state index contributed by atoms with van der Waals surface area (Å²) < 4.78 is 5.68. The van der Waals surface area contributed by atoms with E-state index in [0.717, 1.165) is 0 Å². The van der Waals surface area contributed by atoms with Crippen LogP contribution in [0.15, 0.2) is 48.5 Å². The number of anilines is 1. The number of amides is 3. The van der Waals surface area contributed by atoms with Gasteiger partial charge in [-0.3, -0.25) is 30.6 Å². The molecule has 2 aromatic rings. The zero-order valence-electron chi connectivity index (χ0n) is 17.7. The number of hydrazine groups is 1. The second-order valence-corrected chi connectivity index (χ2v) is 7.45. The van der Waals surface area contributed by atoms with Crippen LogP contribution in [0.25, 0.3) is 0 Å². The molecule has 31 heavy (non-hydrogen) atoms. The molecule has 164 valence electrons. The van der Waals surface area contributed by atoms with E-state index in [9.17, 15) is 14.4 Å². The fourth-order valence-corrected chi connectivity index (χ4v) is 2.52. The molecular weight excluding hydrogens is 416 g/mol. The van der Waals surface area contributed by atoms with Gasteiger partial charge in [0, 0.05) is 17.7 Å². The van der Waals surface area contributed by atoms with Gasteiger partial charge >= 0.3 is 0 Å². The molecule has 0 aliphatic rings. The number of thiocarbonyl (C=S) groups is 1. The van der Waals surface area contributed by atoms with Gasteiger partial charge in [-0.2, -0.15) is 0 Å². The Balaban J connectivity index is 1.88. The number of para-hydroxylation sites is 1. The predicted octanol–water partition coefficient (Wildman–Crippen LogP) is 3.02. The molecule has 0 aliphatic carbocycles. The lowest BCUT2D eigenvalue weighted by Crippen LogP contribution is -2.48. The van der Waals surface area contributed by atoms with Crippen LogP contribution in [-0.4, -0.2) is 29.4 Å². The molecule has 8 nitrogen and oxygen atoms in total. The van der Waals surface area contributed by atoms with Crippen molar-refractivity contribution >= 4 is 40.7 Å². The summed E-state index contributed by atoms with van der Waals surface area (Å²) in [4.78, 5) is 36.2. The van der Waals surface area contributed by atoms with Gasteiger partial charge in [0.25, 0.3) is 11.8 Å². The zero-order chi connectivity index (χ0) is 22.8. The molecule has 0 fully saturated rings. The molecule has 9 heteroatoms. The van der Waals surface area contributed by atoms with Crippen molar-refractivity contribution in [1.29, 1.82) is 0 Å². The summed E-state index contributed by atoms with van der Waals surface area (Å²) in [6, 6.07) is 13.2. The van der Waals surface area contributed by atoms with E-state index < -0.39 is 11.8 Å². The minimum Gasteiger partial charge on any atom is -0.492 e. The van der Waals surface area contributed by atoms with Crippen LogP contribution in [0.2, 0.25) is 0 Å². The third-order valence-electron chi connectivity index (χ3n) is 3.97. The molecule has 0 bridgehead atoms. The molecule has 0 aliphatic heterocycles. The topological polar surface area (TPSA) is 109 Å². The Hall–Kier alpha value is -3.46. The van der Waals surface area contributed by atoms with Gasteiger partial charge in [0.15, 0.2) is 5.11 Å². The average molecular weight is 443 g/mol. The summed E-state index contributed by atoms with van der Waals surface area (Å²) >= 11 is 5.08. The predicted molar refractivity (Wildman–Crippen MR) is 123 cm³/mol. The van der Waals surface area contributed by atoms with E-state index in [0.29, 0.717) is 41.5 Å². The number of nitrogens with one attached hydrogen (secondary N) is 4. The Morgan fingerprint density at radius 2 is 1.65 bits per heavy atom. The molecule has 2 rings (SSSR count). The van der Waals surface area contributed by atoms with E-state index in [1.807, 2.05) is 13.8 Å². The first-order valence-corrected chi connectivity index (χ1v) is 10.2. The second-order valence-electron chi connectivity index (χ2n) is 7.04. The number of hydrogen-bond acceptors (Lipinski definition) is 5. The number of hydrogen-bond donors (Lipinski definition) is 4. The minimum absolute atomic E-state index is 0.0659. The van der Waals surface area contributed by atoms with E-state index in [1.54, 1.807) is 55.5 Å². The van der Waals surface area contributed by atoms with Crippen molar-refractivity contribution in [2.45, 2.75) is 27.2 Å². The molecule has 0 saturated carbocycles. The zero-order valence-corrected chi connectivity index (χ0v) is 18.5. The first kappa shape index (κ1) is 23.8. The Labute approximate surface area is 186 Å². The molecule has 0 spiro atoms. The van der Waals surface area contributed by atoms with Crippen LogP contribution in [0, 0.1) is 5.92 Å². The molecule has 0 atom stereocenters. The molecule has 3 amide bonds. The highest BCUT2D eigenvalue weighted by atomic mass is 32.1. The van der Waals surface area contributed by atoms with Crippen LogP contribution in [0.4, 0.5) is 5.69 Å². The molecule has 0 aromatic heterocycles. The molecule has 0 saturated heterocycles. The number of carbonyl (C=O) groups is 3. The highest BCUT2D eigenvalue weighted by Crippen LogP contribution is 2.18. The Kier molecular flexibility index (Phi) is 8.95. The van der Waals surface area contributed by atoms with Crippen LogP contribution in [0.5, 0.6) is 5.75 Å². The molecule has 4 N–H and O–H groups in total. The Morgan fingerprint density at radius 1 is 0.968 bits per heavy atom. The lowest BCUT2D eigenvalue weighted by molar-refractivity contribution is -0.115. The van der Waals surface area contributed by atoms with Gasteiger partial charge in [-0.05, 0) is 54.5 Å². The van der Waals surface area contributed by atoms with E-state index >= 15 is 0 Å². The summed E-state index contributed by atoms with van der Waals surface area (Å²) in [5.74, 6) is -0.259. The van der Waals surface area contributed by atoms with Gasteiger partial charge in [0.05, 0.1) is 12.2 Å². The molecule has 0 radical (unpaired) electrons. The van der Waals surface area contributed by atoms with Crippen LogP contribution >= 0.6 is 12.2 Å². The SMILES string of the molecule is CCC(=O)Nc1ccc(C(=O)NNC(=S)NC(=O)c2ccccc2OCC(C)C)cc1.